The van der Waals surface area contributed by atoms with Crippen LogP contribution in [0.2, 0.25) is 0 Å². The van der Waals surface area contributed by atoms with Gasteiger partial charge in [0.05, 0.1) is 11.7 Å². The first kappa shape index (κ1) is 17.2. The number of nitrogens with zero attached hydrogens (tertiary/aromatic N) is 5. The molecule has 1 N–H and O–H groups in total. The minimum absolute atomic E-state index is 0.116. The zero-order valence-corrected chi connectivity index (χ0v) is 15.2. The van der Waals surface area contributed by atoms with Gasteiger partial charge in [-0.2, -0.15) is 0 Å². The molecule has 0 amide bonds. The lowest BCUT2D eigenvalue weighted by molar-refractivity contribution is 0.254. The molecule has 130 valence electrons. The van der Waals surface area contributed by atoms with Gasteiger partial charge in [0.1, 0.15) is 5.82 Å². The van der Waals surface area contributed by atoms with E-state index >= 15 is 0 Å². The summed E-state index contributed by atoms with van der Waals surface area (Å²) in [5.41, 5.74) is 1.89. The third-order valence-corrected chi connectivity index (χ3v) is 3.92. The highest BCUT2D eigenvalue weighted by atomic mass is 15.1. The van der Waals surface area contributed by atoms with Crippen molar-refractivity contribution in [3.8, 4) is 11.4 Å². The van der Waals surface area contributed by atoms with E-state index in [1.54, 1.807) is 24.8 Å². The third-order valence-electron chi connectivity index (χ3n) is 3.92. The van der Waals surface area contributed by atoms with Gasteiger partial charge in [0.25, 0.3) is 0 Å². The Bertz CT molecular complexity index is 845. The van der Waals surface area contributed by atoms with Gasteiger partial charge < -0.3 is 10.2 Å². The molecule has 0 radical (unpaired) electrons. The van der Waals surface area contributed by atoms with Gasteiger partial charge in [-0.05, 0) is 37.7 Å². The minimum atomic E-state index is 0.116. The summed E-state index contributed by atoms with van der Waals surface area (Å²) in [6, 6.07) is 5.78. The van der Waals surface area contributed by atoms with Crippen molar-refractivity contribution >= 4 is 16.7 Å². The number of aromatic nitrogens is 4. The average molecular weight is 336 g/mol. The Balaban J connectivity index is 1.96. The second kappa shape index (κ2) is 7.11. The molecule has 0 bridgehead atoms. The fraction of sp³-hybridized carbons (Fsp3) is 0.368. The van der Waals surface area contributed by atoms with E-state index < -0.39 is 0 Å². The summed E-state index contributed by atoms with van der Waals surface area (Å²) in [6.45, 7) is 6.29. The van der Waals surface area contributed by atoms with Crippen molar-refractivity contribution in [2.45, 2.75) is 13.8 Å². The van der Waals surface area contributed by atoms with Crippen molar-refractivity contribution in [2.24, 2.45) is 5.41 Å². The molecule has 3 rings (SSSR count). The van der Waals surface area contributed by atoms with Crippen LogP contribution in [0, 0.1) is 5.41 Å². The van der Waals surface area contributed by atoms with Crippen molar-refractivity contribution in [1.82, 2.24) is 24.8 Å². The predicted molar refractivity (Wildman–Crippen MR) is 101 cm³/mol. The lowest BCUT2D eigenvalue weighted by Gasteiger charge is -2.28. The lowest BCUT2D eigenvalue weighted by atomic mass is 9.93. The van der Waals surface area contributed by atoms with Gasteiger partial charge in [-0.3, -0.25) is 9.97 Å². The van der Waals surface area contributed by atoms with E-state index in [1.165, 1.54) is 0 Å². The molecule has 6 nitrogen and oxygen atoms in total. The van der Waals surface area contributed by atoms with E-state index in [9.17, 15) is 0 Å². The average Bonchev–Trinajstić information content (AvgIpc) is 2.59. The highest BCUT2D eigenvalue weighted by Crippen LogP contribution is 2.25. The quantitative estimate of drug-likeness (QED) is 0.746. The molecular weight excluding hydrogens is 312 g/mol. The molecule has 25 heavy (non-hydrogen) atoms. The van der Waals surface area contributed by atoms with E-state index in [2.05, 4.69) is 53.1 Å². The number of pyridine rings is 2. The van der Waals surface area contributed by atoms with Crippen LogP contribution in [0.1, 0.15) is 13.8 Å². The summed E-state index contributed by atoms with van der Waals surface area (Å²) in [6.07, 6.45) is 7.05. The third kappa shape index (κ3) is 4.28. The summed E-state index contributed by atoms with van der Waals surface area (Å²) >= 11 is 0. The Morgan fingerprint density at radius 1 is 1.00 bits per heavy atom. The highest BCUT2D eigenvalue weighted by molar-refractivity contribution is 5.89. The molecule has 0 fully saturated rings. The maximum Gasteiger partial charge on any atom is 0.162 e. The predicted octanol–water partition coefficient (Wildman–Crippen LogP) is 3.09. The van der Waals surface area contributed by atoms with Crippen molar-refractivity contribution < 1.29 is 0 Å². The molecule has 3 aromatic heterocycles. The van der Waals surface area contributed by atoms with Crippen LogP contribution in [-0.2, 0) is 0 Å². The fourth-order valence-electron chi connectivity index (χ4n) is 2.98. The first-order chi connectivity index (χ1) is 11.9. The number of hydrogen-bond acceptors (Lipinski definition) is 6. The summed E-state index contributed by atoms with van der Waals surface area (Å²) in [5, 5.41) is 4.50. The molecule has 0 saturated carbocycles. The van der Waals surface area contributed by atoms with Crippen molar-refractivity contribution in [3.05, 3.63) is 43.0 Å². The summed E-state index contributed by atoms with van der Waals surface area (Å²) < 4.78 is 0. The van der Waals surface area contributed by atoms with Crippen LogP contribution in [0.3, 0.4) is 0 Å². The zero-order chi connectivity index (χ0) is 17.9. The van der Waals surface area contributed by atoms with Gasteiger partial charge in [0, 0.05) is 42.6 Å². The van der Waals surface area contributed by atoms with Crippen LogP contribution in [-0.4, -0.2) is 52.0 Å². The van der Waals surface area contributed by atoms with Crippen LogP contribution < -0.4 is 5.32 Å². The summed E-state index contributed by atoms with van der Waals surface area (Å²) in [5.74, 6) is 1.52. The number of anilines is 1. The maximum absolute atomic E-state index is 4.76. The standard InChI is InChI=1S/C19H24N6/c1-19(2,13-25(3)4)12-22-18-15-7-10-21-11-16(15)23-17(24-18)14-5-8-20-9-6-14/h5-11H,12-13H2,1-4H3,(H,22,23,24). The number of fused-ring (bicyclic) bond motifs is 1. The van der Waals surface area contributed by atoms with Gasteiger partial charge in [-0.15, -0.1) is 0 Å². The molecule has 0 aliphatic heterocycles. The van der Waals surface area contributed by atoms with Gasteiger partial charge in [0.2, 0.25) is 0 Å². The van der Waals surface area contributed by atoms with Crippen molar-refractivity contribution in [1.29, 1.82) is 0 Å². The first-order valence-electron chi connectivity index (χ1n) is 8.35. The second-order valence-electron chi connectivity index (χ2n) is 7.28. The molecule has 0 saturated heterocycles. The summed E-state index contributed by atoms with van der Waals surface area (Å²) in [7, 11) is 4.18. The molecule has 0 aliphatic rings. The Morgan fingerprint density at radius 3 is 2.44 bits per heavy atom. The Labute approximate surface area is 148 Å². The van der Waals surface area contributed by atoms with E-state index in [0.29, 0.717) is 5.82 Å². The highest BCUT2D eigenvalue weighted by Gasteiger charge is 2.20. The van der Waals surface area contributed by atoms with Gasteiger partial charge in [-0.25, -0.2) is 9.97 Å². The lowest BCUT2D eigenvalue weighted by Crippen LogP contribution is -2.34. The number of hydrogen-bond donors (Lipinski definition) is 1. The van der Waals surface area contributed by atoms with Gasteiger partial charge >= 0.3 is 0 Å². The largest absolute Gasteiger partial charge is 0.369 e. The Kier molecular flexibility index (Phi) is 4.90. The molecule has 0 atom stereocenters. The zero-order valence-electron chi connectivity index (χ0n) is 15.2. The molecule has 0 aliphatic carbocycles. The fourth-order valence-corrected chi connectivity index (χ4v) is 2.98. The van der Waals surface area contributed by atoms with Gasteiger partial charge in [0.15, 0.2) is 5.82 Å². The normalized spacial score (nSPS) is 11.9. The van der Waals surface area contributed by atoms with Crippen LogP contribution >= 0.6 is 0 Å². The summed E-state index contributed by atoms with van der Waals surface area (Å²) in [4.78, 5) is 19.9. The molecule has 0 spiro atoms. The smallest absolute Gasteiger partial charge is 0.162 e. The van der Waals surface area contributed by atoms with E-state index in [4.69, 9.17) is 4.98 Å². The maximum atomic E-state index is 4.76. The van der Waals surface area contributed by atoms with E-state index in [0.717, 1.165) is 35.4 Å². The SMILES string of the molecule is CN(C)CC(C)(C)CNc1nc(-c2ccncc2)nc2cnccc12. The molecule has 3 aromatic rings. The monoisotopic (exact) mass is 336 g/mol. The second-order valence-corrected chi connectivity index (χ2v) is 7.28. The van der Waals surface area contributed by atoms with Crippen molar-refractivity contribution in [2.75, 3.05) is 32.5 Å². The van der Waals surface area contributed by atoms with Gasteiger partial charge in [-0.1, -0.05) is 13.8 Å². The van der Waals surface area contributed by atoms with Crippen molar-refractivity contribution in [3.63, 3.8) is 0 Å². The molecule has 0 aromatic carbocycles. The van der Waals surface area contributed by atoms with E-state index in [-0.39, 0.29) is 5.41 Å². The molecule has 3 heterocycles. The number of nitrogens with one attached hydrogen (secondary N) is 1. The number of rotatable bonds is 6. The molecule has 0 unspecified atom stereocenters. The van der Waals surface area contributed by atoms with Crippen LogP contribution in [0.4, 0.5) is 5.82 Å². The first-order valence-corrected chi connectivity index (χ1v) is 8.35. The van der Waals surface area contributed by atoms with Crippen LogP contribution in [0.25, 0.3) is 22.3 Å². The topological polar surface area (TPSA) is 66.8 Å². The molecular formula is C19H24N6. The Hall–Kier alpha value is -2.60. The molecule has 6 heteroatoms. The Morgan fingerprint density at radius 2 is 1.72 bits per heavy atom. The minimum Gasteiger partial charge on any atom is -0.369 e. The van der Waals surface area contributed by atoms with Crippen LogP contribution in [0.15, 0.2) is 43.0 Å². The van der Waals surface area contributed by atoms with Crippen LogP contribution in [0.5, 0.6) is 0 Å². The van der Waals surface area contributed by atoms with E-state index in [1.807, 2.05) is 18.2 Å².